The van der Waals surface area contributed by atoms with Crippen LogP contribution in [0.1, 0.15) is 34.6 Å². The Bertz CT molecular complexity index is 342. The molecule has 6 heteroatoms. The van der Waals surface area contributed by atoms with Gasteiger partial charge in [-0.1, -0.05) is 0 Å². The molecule has 116 valence electrons. The van der Waals surface area contributed by atoms with E-state index in [9.17, 15) is 9.59 Å². The Balaban J connectivity index is 2.28. The second kappa shape index (κ2) is 7.04. The molecule has 0 aromatic carbocycles. The van der Waals surface area contributed by atoms with Crippen molar-refractivity contribution in [3.63, 3.8) is 0 Å². The lowest BCUT2D eigenvalue weighted by atomic mass is 10.1. The number of carbonyl (C=O) groups is 2. The molecule has 1 heterocycles. The van der Waals surface area contributed by atoms with Crippen molar-refractivity contribution < 1.29 is 9.59 Å². The summed E-state index contributed by atoms with van der Waals surface area (Å²) in [7, 11) is 0. The minimum Gasteiger partial charge on any atom is -0.333 e. The molecule has 6 nitrogen and oxygen atoms in total. The van der Waals surface area contributed by atoms with Crippen molar-refractivity contribution in [2.75, 3.05) is 32.7 Å². The number of piperazine rings is 1. The molecular weight excluding hydrogens is 256 g/mol. The maximum atomic E-state index is 11.8. The monoisotopic (exact) mass is 284 g/mol. The minimum atomic E-state index is -0.427. The third kappa shape index (κ3) is 6.34. The van der Waals surface area contributed by atoms with Gasteiger partial charge >= 0.3 is 6.03 Å². The highest BCUT2D eigenvalue weighted by atomic mass is 16.2. The Hall–Kier alpha value is -1.14. The minimum absolute atomic E-state index is 0.246. The quantitative estimate of drug-likeness (QED) is 0.798. The first-order chi connectivity index (χ1) is 9.17. The van der Waals surface area contributed by atoms with Crippen molar-refractivity contribution in [2.45, 2.75) is 46.2 Å². The zero-order valence-corrected chi connectivity index (χ0v) is 13.3. The van der Waals surface area contributed by atoms with Crippen LogP contribution in [-0.4, -0.2) is 66.0 Å². The van der Waals surface area contributed by atoms with Crippen LogP contribution in [0.3, 0.4) is 0 Å². The smallest absolute Gasteiger partial charge is 0.321 e. The molecule has 0 spiro atoms. The van der Waals surface area contributed by atoms with Gasteiger partial charge in [0.25, 0.3) is 0 Å². The summed E-state index contributed by atoms with van der Waals surface area (Å²) in [6, 6.07) is 0.117. The Kier molecular flexibility index (Phi) is 5.95. The Labute approximate surface area is 121 Å². The molecule has 20 heavy (non-hydrogen) atoms. The van der Waals surface area contributed by atoms with Gasteiger partial charge in [-0.3, -0.25) is 19.9 Å². The third-order valence-electron chi connectivity index (χ3n) is 3.25. The Morgan fingerprint density at radius 2 is 1.65 bits per heavy atom. The highest BCUT2D eigenvalue weighted by Gasteiger charge is 2.21. The number of hydrogen-bond donors (Lipinski definition) is 2. The molecule has 1 aliphatic heterocycles. The number of rotatable bonds is 3. The standard InChI is InChI=1S/C14H28N4O2/c1-11(2)18-8-6-17(7-9-18)10-12(19)15-13(20)16-14(3,4)5/h11H,6-10H2,1-5H3,(H2,15,16,19,20). The molecule has 0 bridgehead atoms. The molecule has 0 aliphatic carbocycles. The van der Waals surface area contributed by atoms with Gasteiger partial charge in [0.2, 0.25) is 5.91 Å². The van der Waals surface area contributed by atoms with Crippen molar-refractivity contribution in [3.05, 3.63) is 0 Å². The lowest BCUT2D eigenvalue weighted by Crippen LogP contribution is -2.53. The van der Waals surface area contributed by atoms with E-state index in [0.717, 1.165) is 26.2 Å². The van der Waals surface area contributed by atoms with Gasteiger partial charge in [0.15, 0.2) is 0 Å². The number of amides is 3. The van der Waals surface area contributed by atoms with Crippen LogP contribution in [0.2, 0.25) is 0 Å². The summed E-state index contributed by atoms with van der Waals surface area (Å²) in [5, 5.41) is 5.09. The first-order valence-electron chi connectivity index (χ1n) is 7.26. The van der Waals surface area contributed by atoms with Gasteiger partial charge in [0.1, 0.15) is 0 Å². The number of imide groups is 1. The fraction of sp³-hybridized carbons (Fsp3) is 0.857. The summed E-state index contributed by atoms with van der Waals surface area (Å²) >= 11 is 0. The number of nitrogens with one attached hydrogen (secondary N) is 2. The van der Waals surface area contributed by atoms with Crippen LogP contribution in [0.25, 0.3) is 0 Å². The maximum Gasteiger partial charge on any atom is 0.321 e. The van der Waals surface area contributed by atoms with E-state index in [1.807, 2.05) is 20.8 Å². The number of nitrogens with zero attached hydrogens (tertiary/aromatic N) is 2. The van der Waals surface area contributed by atoms with Crippen LogP contribution in [0.15, 0.2) is 0 Å². The number of hydrogen-bond acceptors (Lipinski definition) is 4. The summed E-state index contributed by atoms with van der Waals surface area (Å²) < 4.78 is 0. The molecule has 1 fully saturated rings. The molecule has 0 saturated carbocycles. The van der Waals surface area contributed by atoms with Crippen molar-refractivity contribution >= 4 is 11.9 Å². The third-order valence-corrected chi connectivity index (χ3v) is 3.25. The normalized spacial score (nSPS) is 18.1. The number of urea groups is 1. The maximum absolute atomic E-state index is 11.8. The summed E-state index contributed by atoms with van der Waals surface area (Å²) in [5.74, 6) is -0.246. The lowest BCUT2D eigenvalue weighted by Gasteiger charge is -2.36. The zero-order chi connectivity index (χ0) is 15.3. The lowest BCUT2D eigenvalue weighted by molar-refractivity contribution is -0.121. The predicted molar refractivity (Wildman–Crippen MR) is 79.6 cm³/mol. The Morgan fingerprint density at radius 1 is 1.10 bits per heavy atom. The van der Waals surface area contributed by atoms with Crippen molar-refractivity contribution in [1.82, 2.24) is 20.4 Å². The van der Waals surface area contributed by atoms with E-state index < -0.39 is 6.03 Å². The molecule has 0 unspecified atom stereocenters. The highest BCUT2D eigenvalue weighted by Crippen LogP contribution is 2.05. The van der Waals surface area contributed by atoms with Gasteiger partial charge in [0, 0.05) is 37.8 Å². The van der Waals surface area contributed by atoms with E-state index >= 15 is 0 Å². The van der Waals surface area contributed by atoms with Crippen LogP contribution in [0.4, 0.5) is 4.79 Å². The Morgan fingerprint density at radius 3 is 2.10 bits per heavy atom. The predicted octanol–water partition coefficient (Wildman–Crippen LogP) is 0.637. The molecular formula is C14H28N4O2. The molecule has 0 aromatic heterocycles. The van der Waals surface area contributed by atoms with Crippen LogP contribution in [0.5, 0.6) is 0 Å². The molecule has 0 radical (unpaired) electrons. The van der Waals surface area contributed by atoms with Gasteiger partial charge in [-0.15, -0.1) is 0 Å². The second-order valence-corrected chi connectivity index (χ2v) is 6.66. The average Bonchev–Trinajstić information content (AvgIpc) is 2.26. The van der Waals surface area contributed by atoms with Gasteiger partial charge in [-0.2, -0.15) is 0 Å². The number of carbonyl (C=O) groups excluding carboxylic acids is 2. The van der Waals surface area contributed by atoms with Crippen LogP contribution in [-0.2, 0) is 4.79 Å². The van der Waals surface area contributed by atoms with E-state index in [0.29, 0.717) is 6.04 Å². The molecule has 3 amide bonds. The van der Waals surface area contributed by atoms with Gasteiger partial charge < -0.3 is 5.32 Å². The largest absolute Gasteiger partial charge is 0.333 e. The van der Waals surface area contributed by atoms with E-state index in [1.54, 1.807) is 0 Å². The first kappa shape index (κ1) is 16.9. The van der Waals surface area contributed by atoms with Gasteiger partial charge in [0.05, 0.1) is 6.54 Å². The van der Waals surface area contributed by atoms with E-state index in [2.05, 4.69) is 34.3 Å². The van der Waals surface area contributed by atoms with E-state index in [-0.39, 0.29) is 18.0 Å². The first-order valence-corrected chi connectivity index (χ1v) is 7.26. The van der Waals surface area contributed by atoms with Crippen molar-refractivity contribution in [2.24, 2.45) is 0 Å². The molecule has 2 N–H and O–H groups in total. The summed E-state index contributed by atoms with van der Waals surface area (Å²) in [5.41, 5.74) is -0.340. The van der Waals surface area contributed by atoms with Gasteiger partial charge in [-0.25, -0.2) is 4.79 Å². The van der Waals surface area contributed by atoms with Crippen molar-refractivity contribution in [3.8, 4) is 0 Å². The summed E-state index contributed by atoms with van der Waals surface area (Å²) in [6.07, 6.45) is 0. The molecule has 1 rings (SSSR count). The van der Waals surface area contributed by atoms with E-state index in [1.165, 1.54) is 0 Å². The topological polar surface area (TPSA) is 64.7 Å². The molecule has 1 saturated heterocycles. The zero-order valence-electron chi connectivity index (χ0n) is 13.3. The summed E-state index contributed by atoms with van der Waals surface area (Å²) in [4.78, 5) is 27.8. The van der Waals surface area contributed by atoms with Crippen molar-refractivity contribution in [1.29, 1.82) is 0 Å². The second-order valence-electron chi connectivity index (χ2n) is 6.66. The fourth-order valence-corrected chi connectivity index (χ4v) is 2.18. The average molecular weight is 284 g/mol. The highest BCUT2D eigenvalue weighted by molar-refractivity contribution is 5.95. The van der Waals surface area contributed by atoms with Crippen LogP contribution in [0, 0.1) is 0 Å². The fourth-order valence-electron chi connectivity index (χ4n) is 2.18. The molecule has 1 aliphatic rings. The molecule has 0 aromatic rings. The molecule has 0 atom stereocenters. The van der Waals surface area contributed by atoms with E-state index in [4.69, 9.17) is 0 Å². The van der Waals surface area contributed by atoms with Crippen LogP contribution < -0.4 is 10.6 Å². The SMILES string of the molecule is CC(C)N1CCN(CC(=O)NC(=O)NC(C)(C)C)CC1. The van der Waals surface area contributed by atoms with Crippen LogP contribution >= 0.6 is 0 Å². The summed E-state index contributed by atoms with van der Waals surface area (Å²) in [6.45, 7) is 14.0. The van der Waals surface area contributed by atoms with Gasteiger partial charge in [-0.05, 0) is 34.6 Å².